The van der Waals surface area contributed by atoms with Crippen LogP contribution < -0.4 is 0 Å². The first kappa shape index (κ1) is 18.7. The number of aromatic nitrogens is 3. The molecule has 1 aliphatic rings. The Hall–Kier alpha value is -2.06. The van der Waals surface area contributed by atoms with Crippen LogP contribution in [0.2, 0.25) is 0 Å². The number of hydrogen-bond acceptors (Lipinski definition) is 7. The van der Waals surface area contributed by atoms with Crippen LogP contribution in [0.25, 0.3) is 10.6 Å². The zero-order valence-electron chi connectivity index (χ0n) is 15.3. The first-order valence-corrected chi connectivity index (χ1v) is 9.55. The Morgan fingerprint density at radius 3 is 2.58 bits per heavy atom. The fourth-order valence-corrected chi connectivity index (χ4v) is 3.41. The molecule has 0 saturated carbocycles. The van der Waals surface area contributed by atoms with Crippen molar-refractivity contribution in [2.75, 3.05) is 13.1 Å². The van der Waals surface area contributed by atoms with Crippen molar-refractivity contribution in [3.8, 4) is 10.6 Å². The van der Waals surface area contributed by atoms with Crippen LogP contribution in [-0.4, -0.2) is 51.0 Å². The molecule has 0 spiro atoms. The lowest BCUT2D eigenvalue weighted by atomic mass is 10.1. The molecule has 0 radical (unpaired) electrons. The number of ether oxygens (including phenoxy) is 2. The van der Waals surface area contributed by atoms with Crippen LogP contribution in [0.5, 0.6) is 0 Å². The van der Waals surface area contributed by atoms with Crippen molar-refractivity contribution in [3.63, 3.8) is 0 Å². The van der Waals surface area contributed by atoms with E-state index in [9.17, 15) is 4.79 Å². The van der Waals surface area contributed by atoms with Crippen molar-refractivity contribution in [1.82, 2.24) is 20.1 Å². The maximum Gasteiger partial charge on any atom is 0.410 e. The number of pyridine rings is 1. The van der Waals surface area contributed by atoms with Crippen LogP contribution in [0.3, 0.4) is 0 Å². The monoisotopic (exact) mass is 376 g/mol. The zero-order valence-corrected chi connectivity index (χ0v) is 16.2. The number of amides is 1. The first-order chi connectivity index (χ1) is 12.4. The molecule has 0 aromatic carbocycles. The Labute approximate surface area is 157 Å². The number of nitrogens with zero attached hydrogens (tertiary/aromatic N) is 4. The first-order valence-electron chi connectivity index (χ1n) is 8.73. The van der Waals surface area contributed by atoms with E-state index in [1.807, 2.05) is 32.9 Å². The van der Waals surface area contributed by atoms with Gasteiger partial charge in [0.2, 0.25) is 0 Å². The van der Waals surface area contributed by atoms with E-state index in [1.165, 1.54) is 11.3 Å². The van der Waals surface area contributed by atoms with Gasteiger partial charge in [0.1, 0.15) is 22.2 Å². The highest BCUT2D eigenvalue weighted by molar-refractivity contribution is 7.14. The van der Waals surface area contributed by atoms with E-state index >= 15 is 0 Å². The quantitative estimate of drug-likeness (QED) is 0.812. The number of piperidine rings is 1. The zero-order chi connectivity index (χ0) is 18.6. The highest BCUT2D eigenvalue weighted by atomic mass is 32.1. The van der Waals surface area contributed by atoms with E-state index < -0.39 is 5.60 Å². The Balaban J connectivity index is 1.44. The summed E-state index contributed by atoms with van der Waals surface area (Å²) in [6, 6.07) is 3.83. The minimum Gasteiger partial charge on any atom is -0.444 e. The van der Waals surface area contributed by atoms with Crippen LogP contribution >= 0.6 is 11.3 Å². The van der Waals surface area contributed by atoms with Gasteiger partial charge in [-0.25, -0.2) is 4.79 Å². The molecule has 0 N–H and O–H groups in total. The summed E-state index contributed by atoms with van der Waals surface area (Å²) in [5, 5.41) is 10.1. The molecule has 26 heavy (non-hydrogen) atoms. The summed E-state index contributed by atoms with van der Waals surface area (Å²) in [7, 11) is 0. The van der Waals surface area contributed by atoms with Gasteiger partial charge in [0, 0.05) is 31.0 Å². The maximum absolute atomic E-state index is 12.1. The van der Waals surface area contributed by atoms with Crippen molar-refractivity contribution in [2.24, 2.45) is 0 Å². The molecule has 2 aromatic rings. The third kappa shape index (κ3) is 5.22. The standard InChI is InChI=1S/C18H24N4O3S/c1-18(2,3)25-17(23)22-10-6-14(7-11-22)24-12-15-20-21-16(26-15)13-4-8-19-9-5-13/h4-5,8-9,14H,6-7,10-12H2,1-3H3. The molecular weight excluding hydrogens is 352 g/mol. The van der Waals surface area contributed by atoms with Crippen molar-refractivity contribution in [1.29, 1.82) is 0 Å². The molecule has 3 rings (SSSR count). The Kier molecular flexibility index (Phi) is 5.83. The summed E-state index contributed by atoms with van der Waals surface area (Å²) in [5.41, 5.74) is 0.545. The van der Waals surface area contributed by atoms with E-state index in [0.717, 1.165) is 28.4 Å². The lowest BCUT2D eigenvalue weighted by Crippen LogP contribution is -2.43. The topological polar surface area (TPSA) is 77.4 Å². The van der Waals surface area contributed by atoms with Crippen molar-refractivity contribution in [3.05, 3.63) is 29.5 Å². The molecule has 0 atom stereocenters. The van der Waals surface area contributed by atoms with Gasteiger partial charge < -0.3 is 14.4 Å². The molecule has 3 heterocycles. The number of likely N-dealkylation sites (tertiary alicyclic amines) is 1. The normalized spacial score (nSPS) is 15.9. The van der Waals surface area contributed by atoms with E-state index in [1.54, 1.807) is 17.3 Å². The lowest BCUT2D eigenvalue weighted by molar-refractivity contribution is -0.0171. The second kappa shape index (κ2) is 8.09. The second-order valence-corrected chi connectivity index (χ2v) is 8.28. The van der Waals surface area contributed by atoms with E-state index in [2.05, 4.69) is 15.2 Å². The highest BCUT2D eigenvalue weighted by Gasteiger charge is 2.27. The number of hydrogen-bond donors (Lipinski definition) is 0. The average molecular weight is 376 g/mol. The summed E-state index contributed by atoms with van der Waals surface area (Å²) in [6.07, 6.45) is 4.96. The fourth-order valence-electron chi connectivity index (χ4n) is 2.64. The summed E-state index contributed by atoms with van der Waals surface area (Å²) in [5.74, 6) is 0. The summed E-state index contributed by atoms with van der Waals surface area (Å²) < 4.78 is 11.4. The van der Waals surface area contributed by atoms with Crippen LogP contribution in [0.4, 0.5) is 4.79 Å². The van der Waals surface area contributed by atoms with Crippen LogP contribution in [-0.2, 0) is 16.1 Å². The van der Waals surface area contributed by atoms with Gasteiger partial charge in [0.25, 0.3) is 0 Å². The highest BCUT2D eigenvalue weighted by Crippen LogP contribution is 2.24. The largest absolute Gasteiger partial charge is 0.444 e. The molecule has 140 valence electrons. The van der Waals surface area contributed by atoms with Crippen molar-refractivity contribution in [2.45, 2.75) is 51.9 Å². The van der Waals surface area contributed by atoms with E-state index in [-0.39, 0.29) is 12.2 Å². The fraction of sp³-hybridized carbons (Fsp3) is 0.556. The molecule has 1 fully saturated rings. The van der Waals surface area contributed by atoms with Crippen molar-refractivity contribution < 1.29 is 14.3 Å². The average Bonchev–Trinajstić information content (AvgIpc) is 3.09. The molecule has 0 aliphatic carbocycles. The van der Waals surface area contributed by atoms with Gasteiger partial charge in [-0.15, -0.1) is 10.2 Å². The molecule has 1 amide bonds. The van der Waals surface area contributed by atoms with Crippen LogP contribution in [0, 0.1) is 0 Å². The molecule has 7 nitrogen and oxygen atoms in total. The number of rotatable bonds is 4. The van der Waals surface area contributed by atoms with Crippen molar-refractivity contribution >= 4 is 17.4 Å². The molecule has 0 bridgehead atoms. The van der Waals surface area contributed by atoms with E-state index in [4.69, 9.17) is 9.47 Å². The van der Waals surface area contributed by atoms with Gasteiger partial charge in [-0.1, -0.05) is 11.3 Å². The third-order valence-electron chi connectivity index (χ3n) is 3.93. The third-order valence-corrected chi connectivity index (χ3v) is 4.88. The second-order valence-electron chi connectivity index (χ2n) is 7.21. The van der Waals surface area contributed by atoms with Gasteiger partial charge in [0.05, 0.1) is 6.10 Å². The number of carbonyl (C=O) groups excluding carboxylic acids is 1. The predicted octanol–water partition coefficient (Wildman–Crippen LogP) is 3.52. The predicted molar refractivity (Wildman–Crippen MR) is 98.8 cm³/mol. The summed E-state index contributed by atoms with van der Waals surface area (Å²) in [6.45, 7) is 7.38. The minimum absolute atomic E-state index is 0.127. The van der Waals surface area contributed by atoms with Gasteiger partial charge in [-0.05, 0) is 45.7 Å². The Bertz CT molecular complexity index is 722. The molecule has 1 saturated heterocycles. The molecular formula is C18H24N4O3S. The minimum atomic E-state index is -0.463. The Morgan fingerprint density at radius 1 is 1.23 bits per heavy atom. The molecule has 0 unspecified atom stereocenters. The van der Waals surface area contributed by atoms with Crippen LogP contribution in [0.1, 0.15) is 38.6 Å². The number of carbonyl (C=O) groups is 1. The lowest BCUT2D eigenvalue weighted by Gasteiger charge is -2.33. The van der Waals surface area contributed by atoms with E-state index in [0.29, 0.717) is 19.7 Å². The smallest absolute Gasteiger partial charge is 0.410 e. The molecule has 8 heteroatoms. The van der Waals surface area contributed by atoms with Crippen LogP contribution in [0.15, 0.2) is 24.5 Å². The van der Waals surface area contributed by atoms with Gasteiger partial charge >= 0.3 is 6.09 Å². The SMILES string of the molecule is CC(C)(C)OC(=O)N1CCC(OCc2nnc(-c3ccncc3)s2)CC1. The summed E-state index contributed by atoms with van der Waals surface area (Å²) >= 11 is 1.53. The summed E-state index contributed by atoms with van der Waals surface area (Å²) in [4.78, 5) is 17.8. The molecule has 2 aromatic heterocycles. The Morgan fingerprint density at radius 2 is 1.92 bits per heavy atom. The molecule has 1 aliphatic heterocycles. The van der Waals surface area contributed by atoms with Gasteiger partial charge in [0.15, 0.2) is 0 Å². The van der Waals surface area contributed by atoms with Gasteiger partial charge in [-0.2, -0.15) is 0 Å². The van der Waals surface area contributed by atoms with Gasteiger partial charge in [-0.3, -0.25) is 4.98 Å². The maximum atomic E-state index is 12.1.